The molecule has 1 heterocycles. The van der Waals surface area contributed by atoms with Crippen LogP contribution in [-0.2, 0) is 16.1 Å². The highest BCUT2D eigenvalue weighted by Crippen LogP contribution is 2.43. The first kappa shape index (κ1) is 21.2. The number of aliphatic carboxylic acids is 1. The quantitative estimate of drug-likeness (QED) is 0.611. The van der Waals surface area contributed by atoms with E-state index in [0.29, 0.717) is 27.8 Å². The molecule has 2 atom stereocenters. The third-order valence-electron chi connectivity index (χ3n) is 5.64. The molecule has 1 N–H and O–H groups in total. The van der Waals surface area contributed by atoms with E-state index in [0.717, 1.165) is 0 Å². The van der Waals surface area contributed by atoms with Crippen molar-refractivity contribution in [3.05, 3.63) is 106 Å². The fourth-order valence-corrected chi connectivity index (χ4v) is 4.13. The number of benzene rings is 3. The van der Waals surface area contributed by atoms with E-state index in [1.165, 1.54) is 24.1 Å². The first-order valence-corrected chi connectivity index (χ1v) is 9.96. The van der Waals surface area contributed by atoms with E-state index in [2.05, 4.69) is 0 Å². The number of carbonyl (C=O) groups excluding carboxylic acids is 2. The lowest BCUT2D eigenvalue weighted by molar-refractivity contribution is -0.140. The topological polar surface area (TPSA) is 83.9 Å². The molecule has 0 saturated carbocycles. The molecule has 0 saturated heterocycles. The molecule has 0 unspecified atom stereocenters. The largest absolute Gasteiger partial charge is 0.481 e. The monoisotopic (exact) mass is 433 g/mol. The summed E-state index contributed by atoms with van der Waals surface area (Å²) in [5.74, 6) is -3.32. The number of hydrogen-bond donors (Lipinski definition) is 1. The van der Waals surface area contributed by atoms with E-state index in [-0.39, 0.29) is 12.5 Å². The lowest BCUT2D eigenvalue weighted by Gasteiger charge is -2.41. The van der Waals surface area contributed by atoms with Gasteiger partial charge in [-0.05, 0) is 47.0 Å². The van der Waals surface area contributed by atoms with Gasteiger partial charge in [-0.15, -0.1) is 0 Å². The van der Waals surface area contributed by atoms with Gasteiger partial charge in [0.25, 0.3) is 5.91 Å². The molecule has 3 aromatic carbocycles. The number of halogens is 1. The average Bonchev–Trinajstić information content (AvgIpc) is 2.81. The highest BCUT2D eigenvalue weighted by atomic mass is 19.1. The molecule has 1 amide bonds. The number of esters is 1. The highest BCUT2D eigenvalue weighted by Gasteiger charge is 2.44. The number of nitrogens with zero attached hydrogens (tertiary/aromatic N) is 1. The molecule has 1 aliphatic rings. The Morgan fingerprint density at radius 1 is 1.00 bits per heavy atom. The summed E-state index contributed by atoms with van der Waals surface area (Å²) in [5, 5.41) is 10.1. The molecule has 0 aromatic heterocycles. The molecule has 32 heavy (non-hydrogen) atoms. The number of fused-ring (bicyclic) bond motifs is 1. The summed E-state index contributed by atoms with van der Waals surface area (Å²) in [7, 11) is 1.28. The Morgan fingerprint density at radius 3 is 2.28 bits per heavy atom. The van der Waals surface area contributed by atoms with Gasteiger partial charge in [-0.25, -0.2) is 9.18 Å². The van der Waals surface area contributed by atoms with Gasteiger partial charge in [0.2, 0.25) is 0 Å². The van der Waals surface area contributed by atoms with E-state index in [9.17, 15) is 23.9 Å². The van der Waals surface area contributed by atoms with Crippen molar-refractivity contribution in [2.24, 2.45) is 0 Å². The van der Waals surface area contributed by atoms with Crippen molar-refractivity contribution in [3.8, 4) is 0 Å². The lowest BCUT2D eigenvalue weighted by Crippen LogP contribution is -2.44. The summed E-state index contributed by atoms with van der Waals surface area (Å²) in [5.41, 5.74) is 2.30. The van der Waals surface area contributed by atoms with Crippen LogP contribution in [0.5, 0.6) is 0 Å². The zero-order valence-electron chi connectivity index (χ0n) is 17.2. The molecule has 7 heteroatoms. The van der Waals surface area contributed by atoms with Crippen LogP contribution >= 0.6 is 0 Å². The van der Waals surface area contributed by atoms with Crippen LogP contribution in [0.25, 0.3) is 0 Å². The summed E-state index contributed by atoms with van der Waals surface area (Å²) in [6, 6.07) is 17.9. The van der Waals surface area contributed by atoms with Crippen molar-refractivity contribution >= 4 is 17.8 Å². The minimum absolute atomic E-state index is 0.0979. The van der Waals surface area contributed by atoms with Gasteiger partial charge < -0.3 is 14.7 Å². The van der Waals surface area contributed by atoms with Crippen molar-refractivity contribution in [1.29, 1.82) is 0 Å². The third kappa shape index (κ3) is 3.85. The normalized spacial score (nSPS) is 17.6. The number of carbonyl (C=O) groups is 3. The second-order valence-corrected chi connectivity index (χ2v) is 7.52. The Morgan fingerprint density at radius 2 is 1.66 bits per heavy atom. The van der Waals surface area contributed by atoms with Gasteiger partial charge in [0, 0.05) is 12.1 Å². The van der Waals surface area contributed by atoms with Crippen molar-refractivity contribution in [3.63, 3.8) is 0 Å². The van der Waals surface area contributed by atoms with Gasteiger partial charge in [-0.1, -0.05) is 42.5 Å². The maximum Gasteiger partial charge on any atom is 0.337 e. The molecule has 6 nitrogen and oxygen atoms in total. The van der Waals surface area contributed by atoms with Crippen LogP contribution in [0, 0.1) is 5.82 Å². The predicted octanol–water partition coefficient (Wildman–Crippen LogP) is 4.18. The molecule has 4 rings (SSSR count). The second kappa shape index (κ2) is 8.63. The first-order chi connectivity index (χ1) is 15.4. The Balaban J connectivity index is 1.84. The van der Waals surface area contributed by atoms with Crippen LogP contribution < -0.4 is 0 Å². The zero-order chi connectivity index (χ0) is 22.8. The molecule has 0 spiro atoms. The van der Waals surface area contributed by atoms with Crippen molar-refractivity contribution in [1.82, 2.24) is 4.90 Å². The highest BCUT2D eigenvalue weighted by molar-refractivity contribution is 6.00. The van der Waals surface area contributed by atoms with Gasteiger partial charge in [-0.2, -0.15) is 0 Å². The number of methoxy groups -OCH3 is 1. The summed E-state index contributed by atoms with van der Waals surface area (Å²) < 4.78 is 18.1. The molecular weight excluding hydrogens is 413 g/mol. The Bertz CT molecular complexity index is 1170. The SMILES string of the molecule is COC(=O)c1ccc([C@H]2[C@@H](C(=O)O)c3ccccc3C(=O)N2Cc2ccc(F)cc2)cc1. The summed E-state index contributed by atoms with van der Waals surface area (Å²) in [6.07, 6.45) is 0. The van der Waals surface area contributed by atoms with Crippen LogP contribution in [0.1, 0.15) is 49.4 Å². The van der Waals surface area contributed by atoms with Gasteiger partial charge in [0.1, 0.15) is 11.7 Å². The fourth-order valence-electron chi connectivity index (χ4n) is 4.13. The van der Waals surface area contributed by atoms with Crippen LogP contribution in [0.15, 0.2) is 72.8 Å². The molecular formula is C25H20FNO5. The Labute approximate surface area is 183 Å². The minimum atomic E-state index is -1.07. The lowest BCUT2D eigenvalue weighted by atomic mass is 9.79. The number of hydrogen-bond acceptors (Lipinski definition) is 4. The maximum absolute atomic E-state index is 13.4. The number of carboxylic acid groups (broad SMARTS) is 1. The fraction of sp³-hybridized carbons (Fsp3) is 0.160. The maximum atomic E-state index is 13.4. The summed E-state index contributed by atoms with van der Waals surface area (Å²) >= 11 is 0. The van der Waals surface area contributed by atoms with Crippen LogP contribution in [0.4, 0.5) is 4.39 Å². The Kier molecular flexibility index (Phi) is 5.73. The molecule has 0 aliphatic carbocycles. The van der Waals surface area contributed by atoms with E-state index in [1.54, 1.807) is 60.7 Å². The minimum Gasteiger partial charge on any atom is -0.481 e. The van der Waals surface area contributed by atoms with Gasteiger partial charge in [-0.3, -0.25) is 9.59 Å². The zero-order valence-corrected chi connectivity index (χ0v) is 17.2. The molecule has 0 radical (unpaired) electrons. The van der Waals surface area contributed by atoms with Crippen molar-refractivity contribution in [2.75, 3.05) is 7.11 Å². The molecule has 1 aliphatic heterocycles. The summed E-state index contributed by atoms with van der Waals surface area (Å²) in [4.78, 5) is 39.2. The Hall–Kier alpha value is -4.00. The number of ether oxygens (including phenoxy) is 1. The average molecular weight is 433 g/mol. The van der Waals surface area contributed by atoms with Crippen molar-refractivity contribution < 1.29 is 28.6 Å². The van der Waals surface area contributed by atoms with Crippen LogP contribution in [0.2, 0.25) is 0 Å². The first-order valence-electron chi connectivity index (χ1n) is 9.96. The van der Waals surface area contributed by atoms with Crippen molar-refractivity contribution in [2.45, 2.75) is 18.5 Å². The number of carboxylic acids is 1. The molecule has 0 fully saturated rings. The third-order valence-corrected chi connectivity index (χ3v) is 5.64. The standard InChI is InChI=1S/C25H20FNO5/c1-32-25(31)17-10-8-16(9-11-17)22-21(24(29)30)19-4-2-3-5-20(19)23(28)27(22)14-15-6-12-18(26)13-7-15/h2-13,21-22H,14H2,1H3,(H,29,30)/t21-,22-/m0/s1. The summed E-state index contributed by atoms with van der Waals surface area (Å²) in [6.45, 7) is 0.0979. The number of amides is 1. The smallest absolute Gasteiger partial charge is 0.337 e. The number of rotatable bonds is 5. The molecule has 3 aromatic rings. The van der Waals surface area contributed by atoms with E-state index < -0.39 is 29.7 Å². The van der Waals surface area contributed by atoms with Crippen LogP contribution in [0.3, 0.4) is 0 Å². The van der Waals surface area contributed by atoms with E-state index in [1.807, 2.05) is 0 Å². The van der Waals surface area contributed by atoms with Gasteiger partial charge in [0.15, 0.2) is 0 Å². The predicted molar refractivity (Wildman–Crippen MR) is 114 cm³/mol. The van der Waals surface area contributed by atoms with E-state index >= 15 is 0 Å². The van der Waals surface area contributed by atoms with Crippen LogP contribution in [-0.4, -0.2) is 35.0 Å². The second-order valence-electron chi connectivity index (χ2n) is 7.52. The van der Waals surface area contributed by atoms with Gasteiger partial charge in [0.05, 0.1) is 18.7 Å². The molecule has 162 valence electrons. The van der Waals surface area contributed by atoms with E-state index in [4.69, 9.17) is 4.74 Å². The van der Waals surface area contributed by atoms with Gasteiger partial charge >= 0.3 is 11.9 Å². The molecule has 0 bridgehead atoms.